The number of thiocarbonyl (C=S) groups is 1. The van der Waals surface area contributed by atoms with E-state index in [-0.39, 0.29) is 0 Å². The van der Waals surface area contributed by atoms with Crippen LogP contribution in [0.25, 0.3) is 0 Å². The van der Waals surface area contributed by atoms with Crippen LogP contribution in [-0.4, -0.2) is 17.6 Å². The zero-order chi connectivity index (χ0) is 4.99. The van der Waals surface area contributed by atoms with Crippen molar-refractivity contribution < 1.29 is 4.84 Å². The molecule has 0 unspecified atom stereocenters. The van der Waals surface area contributed by atoms with Gasteiger partial charge < -0.3 is 0 Å². The van der Waals surface area contributed by atoms with Gasteiger partial charge in [0.25, 0.3) is 0 Å². The maximum absolute atomic E-state index is 4.41. The van der Waals surface area contributed by atoms with E-state index in [0.29, 0.717) is 0 Å². The molecule has 0 fully saturated rings. The Hall–Kier alpha value is -0.150. The maximum atomic E-state index is 4.41. The smallest absolute Gasteiger partial charge is 0.101 e. The van der Waals surface area contributed by atoms with Crippen LogP contribution in [0.1, 0.15) is 0 Å². The summed E-state index contributed by atoms with van der Waals surface area (Å²) in [5.41, 5.74) is 1.35. The summed E-state index contributed by atoms with van der Waals surface area (Å²) in [6.07, 6.45) is 0. The van der Waals surface area contributed by atoms with Crippen LogP contribution in [0, 0.1) is 7.11 Å². The summed E-state index contributed by atoms with van der Waals surface area (Å²) in [6.45, 7) is 0. The molecule has 0 saturated heterocycles. The molecule has 0 rings (SSSR count). The van der Waals surface area contributed by atoms with Crippen LogP contribution >= 0.6 is 12.2 Å². The lowest BCUT2D eigenvalue weighted by atomic mass is 11.2. The van der Waals surface area contributed by atoms with Gasteiger partial charge in [0.1, 0.15) is 7.11 Å². The Kier molecular flexibility index (Phi) is 2.98. The molecule has 6 heavy (non-hydrogen) atoms. The lowest BCUT2D eigenvalue weighted by Gasteiger charge is -2.04. The van der Waals surface area contributed by atoms with E-state index in [4.69, 9.17) is 0 Å². The molecule has 0 aliphatic rings. The monoisotopic (exact) mass is 104 g/mol. The first kappa shape index (κ1) is 5.85. The molecule has 0 amide bonds. The Bertz CT molecular complexity index is 48.1. The zero-order valence-corrected chi connectivity index (χ0v) is 4.36. The summed E-state index contributed by atoms with van der Waals surface area (Å²) in [6, 6.07) is 0. The van der Waals surface area contributed by atoms with E-state index in [1.807, 2.05) is 0 Å². The third-order valence-electron chi connectivity index (χ3n) is 0.352. The van der Waals surface area contributed by atoms with Crippen LogP contribution in [0.3, 0.4) is 0 Å². The molecule has 0 aromatic rings. The van der Waals surface area contributed by atoms with Gasteiger partial charge in [-0.15, -0.1) is 0 Å². The van der Waals surface area contributed by atoms with Gasteiger partial charge in [-0.05, 0) is 0 Å². The van der Waals surface area contributed by atoms with Gasteiger partial charge in [0, 0.05) is 7.05 Å². The van der Waals surface area contributed by atoms with Crippen LogP contribution < -0.4 is 0 Å². The molecule has 0 aromatic carbocycles. The molecular formula is C3H6NOS. The van der Waals surface area contributed by atoms with Crippen molar-refractivity contribution >= 4 is 17.7 Å². The molecule has 0 heterocycles. The summed E-state index contributed by atoms with van der Waals surface area (Å²) in [7, 11) is 4.75. The van der Waals surface area contributed by atoms with E-state index in [9.17, 15) is 0 Å². The van der Waals surface area contributed by atoms with Gasteiger partial charge >= 0.3 is 0 Å². The number of nitrogens with zero attached hydrogens (tertiary/aromatic N) is 1. The highest BCUT2D eigenvalue weighted by Crippen LogP contribution is 1.72. The minimum atomic E-state index is 1.33. The third kappa shape index (κ3) is 2.11. The highest BCUT2D eigenvalue weighted by atomic mass is 32.1. The first-order chi connectivity index (χ1) is 2.81. The topological polar surface area (TPSA) is 12.5 Å². The highest BCUT2D eigenvalue weighted by Gasteiger charge is 1.76. The van der Waals surface area contributed by atoms with Crippen molar-refractivity contribution in [3.8, 4) is 0 Å². The maximum Gasteiger partial charge on any atom is 0.101 e. The Morgan fingerprint density at radius 3 is 2.50 bits per heavy atom. The molecule has 0 bridgehead atoms. The Morgan fingerprint density at radius 2 is 2.50 bits per heavy atom. The van der Waals surface area contributed by atoms with Crippen molar-refractivity contribution in [2.24, 2.45) is 0 Å². The number of rotatable bonds is 2. The van der Waals surface area contributed by atoms with Crippen LogP contribution in [0.15, 0.2) is 0 Å². The molecule has 0 spiro atoms. The first-order valence-corrected chi connectivity index (χ1v) is 1.88. The average Bonchev–Trinajstić information content (AvgIpc) is 1.65. The molecule has 3 heteroatoms. The van der Waals surface area contributed by atoms with Gasteiger partial charge in [-0.2, -0.15) is 0 Å². The second kappa shape index (κ2) is 3.06. The highest BCUT2D eigenvalue weighted by molar-refractivity contribution is 7.78. The largest absolute Gasteiger partial charge is 0.271 e. The molecular weight excluding hydrogens is 98.1 g/mol. The number of hydrogen-bond donors (Lipinski definition) is 0. The molecule has 0 aromatic heterocycles. The summed E-state index contributed by atoms with van der Waals surface area (Å²) in [5.74, 6) is 0. The standard InChI is InChI=1S/C3H6NOS/c1-4(3-6)5-2/h3H,2H2,1H3. The van der Waals surface area contributed by atoms with Crippen LogP contribution in [-0.2, 0) is 4.84 Å². The van der Waals surface area contributed by atoms with E-state index >= 15 is 0 Å². The second-order valence-corrected chi connectivity index (χ2v) is 0.992. The number of hydrogen-bond acceptors (Lipinski definition) is 2. The summed E-state index contributed by atoms with van der Waals surface area (Å²) < 4.78 is 0. The van der Waals surface area contributed by atoms with E-state index in [1.54, 1.807) is 7.05 Å². The van der Waals surface area contributed by atoms with E-state index < -0.39 is 0 Å². The molecule has 0 N–H and O–H groups in total. The minimum Gasteiger partial charge on any atom is -0.271 e. The van der Waals surface area contributed by atoms with Crippen molar-refractivity contribution in [3.63, 3.8) is 0 Å². The predicted octanol–water partition coefficient (Wildman–Crippen LogP) is 0.599. The Balaban J connectivity index is 2.96. The molecule has 0 saturated carbocycles. The molecule has 1 radical (unpaired) electrons. The summed E-state index contributed by atoms with van der Waals surface area (Å²) >= 11 is 4.41. The molecule has 2 nitrogen and oxygen atoms in total. The van der Waals surface area contributed by atoms with E-state index in [0.717, 1.165) is 0 Å². The number of hydroxylamine groups is 2. The average molecular weight is 104 g/mol. The van der Waals surface area contributed by atoms with Crippen LogP contribution in [0.4, 0.5) is 0 Å². The zero-order valence-electron chi connectivity index (χ0n) is 3.55. The summed E-state index contributed by atoms with van der Waals surface area (Å²) in [4.78, 5) is 4.32. The van der Waals surface area contributed by atoms with E-state index in [2.05, 4.69) is 24.2 Å². The van der Waals surface area contributed by atoms with Gasteiger partial charge in [-0.25, -0.2) is 0 Å². The fourth-order valence-electron chi connectivity index (χ4n) is 0.0304. The fourth-order valence-corrected chi connectivity index (χ4v) is 0.0913. The molecule has 0 atom stereocenters. The van der Waals surface area contributed by atoms with Crippen LogP contribution in [0.2, 0.25) is 0 Å². The van der Waals surface area contributed by atoms with Crippen molar-refractivity contribution in [3.05, 3.63) is 7.11 Å². The van der Waals surface area contributed by atoms with E-state index in [1.165, 1.54) is 10.6 Å². The van der Waals surface area contributed by atoms with Crippen molar-refractivity contribution in [2.45, 2.75) is 0 Å². The minimum absolute atomic E-state index is 1.33. The first-order valence-electron chi connectivity index (χ1n) is 1.41. The van der Waals surface area contributed by atoms with Gasteiger partial charge in [0.05, 0.1) is 5.49 Å². The lowest BCUT2D eigenvalue weighted by Crippen LogP contribution is -2.10. The lowest BCUT2D eigenvalue weighted by molar-refractivity contribution is -0.00413. The Morgan fingerprint density at radius 1 is 2.00 bits per heavy atom. The van der Waals surface area contributed by atoms with Crippen molar-refractivity contribution in [1.29, 1.82) is 0 Å². The van der Waals surface area contributed by atoms with Gasteiger partial charge in [-0.3, -0.25) is 9.90 Å². The quantitative estimate of drug-likeness (QED) is 0.376. The van der Waals surface area contributed by atoms with Gasteiger partial charge in [0.2, 0.25) is 0 Å². The molecule has 35 valence electrons. The van der Waals surface area contributed by atoms with Gasteiger partial charge in [0.15, 0.2) is 0 Å². The molecule has 0 aliphatic heterocycles. The van der Waals surface area contributed by atoms with Gasteiger partial charge in [-0.1, -0.05) is 12.2 Å². The fraction of sp³-hybridized carbons (Fsp3) is 0.333. The Labute approximate surface area is 42.7 Å². The second-order valence-electron chi connectivity index (χ2n) is 0.781. The molecule has 0 aliphatic carbocycles. The van der Waals surface area contributed by atoms with Crippen molar-refractivity contribution in [1.82, 2.24) is 5.06 Å². The normalized spacial score (nSPS) is 7.67. The summed E-state index contributed by atoms with van der Waals surface area (Å²) in [5, 5.41) is 1.33. The predicted molar refractivity (Wildman–Crippen MR) is 27.9 cm³/mol. The van der Waals surface area contributed by atoms with Crippen molar-refractivity contribution in [2.75, 3.05) is 7.05 Å². The SMILES string of the molecule is [CH2]ON(C)C=S. The third-order valence-corrected chi connectivity index (χ3v) is 0.649. The van der Waals surface area contributed by atoms with Crippen LogP contribution in [0.5, 0.6) is 0 Å².